The number of esters is 1. The SMILES string of the molecule is COC(=O)c1cc2c(cc1OC)CCN(Sc1ccc(F)cc1)C2. The first-order chi connectivity index (χ1) is 11.6. The number of methoxy groups -OCH3 is 2. The van der Waals surface area contributed by atoms with Crippen molar-refractivity contribution in [1.29, 1.82) is 0 Å². The summed E-state index contributed by atoms with van der Waals surface area (Å²) in [6.07, 6.45) is 0.862. The van der Waals surface area contributed by atoms with E-state index in [2.05, 4.69) is 4.31 Å². The fourth-order valence-corrected chi connectivity index (χ4v) is 3.66. The van der Waals surface area contributed by atoms with Crippen LogP contribution >= 0.6 is 11.9 Å². The molecule has 0 unspecified atom stereocenters. The highest BCUT2D eigenvalue weighted by atomic mass is 32.2. The molecular weight excluding hydrogens is 329 g/mol. The van der Waals surface area contributed by atoms with Crippen LogP contribution in [0.15, 0.2) is 41.3 Å². The molecule has 0 N–H and O–H groups in total. The largest absolute Gasteiger partial charge is 0.496 e. The maximum absolute atomic E-state index is 13.0. The van der Waals surface area contributed by atoms with Gasteiger partial charge in [0.25, 0.3) is 0 Å². The van der Waals surface area contributed by atoms with Crippen molar-refractivity contribution in [3.8, 4) is 5.75 Å². The Hall–Kier alpha value is -2.05. The molecule has 6 heteroatoms. The molecule has 0 saturated carbocycles. The zero-order valence-corrected chi connectivity index (χ0v) is 14.4. The Bertz CT molecular complexity index is 749. The number of rotatable bonds is 4. The second-order valence-corrected chi connectivity index (χ2v) is 6.64. The van der Waals surface area contributed by atoms with Gasteiger partial charge in [0.15, 0.2) is 0 Å². The van der Waals surface area contributed by atoms with Gasteiger partial charge in [-0.25, -0.2) is 13.5 Å². The summed E-state index contributed by atoms with van der Waals surface area (Å²) in [6.45, 7) is 1.57. The van der Waals surface area contributed by atoms with E-state index in [-0.39, 0.29) is 5.82 Å². The maximum atomic E-state index is 13.0. The van der Waals surface area contributed by atoms with Crippen molar-refractivity contribution >= 4 is 17.9 Å². The summed E-state index contributed by atoms with van der Waals surface area (Å²) in [7, 11) is 2.91. The summed E-state index contributed by atoms with van der Waals surface area (Å²) in [4.78, 5) is 12.9. The molecular formula is C18H18FNO3S. The van der Waals surface area contributed by atoms with Crippen LogP contribution in [0, 0.1) is 5.82 Å². The van der Waals surface area contributed by atoms with Crippen LogP contribution in [-0.4, -0.2) is 31.0 Å². The topological polar surface area (TPSA) is 38.8 Å². The molecule has 0 saturated heterocycles. The van der Waals surface area contributed by atoms with Gasteiger partial charge in [0, 0.05) is 18.0 Å². The Kier molecular flexibility index (Phi) is 5.06. The molecule has 0 radical (unpaired) electrons. The van der Waals surface area contributed by atoms with Crippen LogP contribution in [0.25, 0.3) is 0 Å². The number of hydrogen-bond acceptors (Lipinski definition) is 5. The number of ether oxygens (including phenoxy) is 2. The molecule has 1 aliphatic rings. The molecule has 0 aliphatic carbocycles. The zero-order chi connectivity index (χ0) is 17.1. The van der Waals surface area contributed by atoms with Gasteiger partial charge in [-0.3, -0.25) is 0 Å². The predicted octanol–water partition coefficient (Wildman–Crippen LogP) is 3.69. The first kappa shape index (κ1) is 16.8. The standard InChI is InChI=1S/C18H18FNO3S/c1-22-17-10-12-7-8-20(24-15-5-3-14(19)4-6-15)11-13(12)9-16(17)18(21)23-2/h3-6,9-10H,7-8,11H2,1-2H3. The summed E-state index contributed by atoms with van der Waals surface area (Å²) in [5.41, 5.74) is 2.69. The molecule has 0 amide bonds. The minimum absolute atomic E-state index is 0.238. The van der Waals surface area contributed by atoms with Gasteiger partial charge >= 0.3 is 5.97 Å². The van der Waals surface area contributed by atoms with Gasteiger partial charge in [-0.15, -0.1) is 0 Å². The second-order valence-electron chi connectivity index (χ2n) is 5.47. The molecule has 0 bridgehead atoms. The Labute approximate surface area is 144 Å². The molecule has 2 aromatic carbocycles. The van der Waals surface area contributed by atoms with E-state index in [1.807, 2.05) is 12.1 Å². The van der Waals surface area contributed by atoms with Crippen molar-refractivity contribution in [3.05, 3.63) is 58.9 Å². The summed E-state index contributed by atoms with van der Waals surface area (Å²) < 4.78 is 25.3. The molecule has 0 spiro atoms. The molecule has 3 rings (SSSR count). The molecule has 126 valence electrons. The summed E-state index contributed by atoms with van der Waals surface area (Å²) in [5.74, 6) is -0.101. The van der Waals surface area contributed by atoms with E-state index in [1.165, 1.54) is 24.8 Å². The van der Waals surface area contributed by atoms with Crippen LogP contribution in [-0.2, 0) is 17.7 Å². The van der Waals surface area contributed by atoms with E-state index in [1.54, 1.807) is 31.2 Å². The van der Waals surface area contributed by atoms with Gasteiger partial charge in [0.2, 0.25) is 0 Å². The monoisotopic (exact) mass is 347 g/mol. The third-order valence-electron chi connectivity index (χ3n) is 3.95. The van der Waals surface area contributed by atoms with Crippen molar-refractivity contribution in [2.45, 2.75) is 17.9 Å². The molecule has 2 aromatic rings. The van der Waals surface area contributed by atoms with Gasteiger partial charge in [-0.05, 0) is 65.9 Å². The minimum Gasteiger partial charge on any atom is -0.496 e. The lowest BCUT2D eigenvalue weighted by atomic mass is 9.97. The molecule has 1 aliphatic heterocycles. The van der Waals surface area contributed by atoms with E-state index in [9.17, 15) is 9.18 Å². The first-order valence-corrected chi connectivity index (χ1v) is 8.34. The molecule has 1 heterocycles. The highest BCUT2D eigenvalue weighted by Gasteiger charge is 2.22. The lowest BCUT2D eigenvalue weighted by molar-refractivity contribution is 0.0597. The number of benzene rings is 2. The number of halogens is 1. The van der Waals surface area contributed by atoms with Crippen LogP contribution in [0.5, 0.6) is 5.75 Å². The van der Waals surface area contributed by atoms with Gasteiger partial charge < -0.3 is 9.47 Å². The normalized spacial score (nSPS) is 14.1. The van der Waals surface area contributed by atoms with Gasteiger partial charge in [0.05, 0.1) is 14.2 Å². The molecule has 0 fully saturated rings. The van der Waals surface area contributed by atoms with Crippen molar-refractivity contribution < 1.29 is 18.7 Å². The number of hydrogen-bond donors (Lipinski definition) is 0. The highest BCUT2D eigenvalue weighted by molar-refractivity contribution is 7.97. The van der Waals surface area contributed by atoms with Crippen molar-refractivity contribution in [2.75, 3.05) is 20.8 Å². The number of nitrogens with zero attached hydrogens (tertiary/aromatic N) is 1. The van der Waals surface area contributed by atoms with Crippen LogP contribution in [0.3, 0.4) is 0 Å². The van der Waals surface area contributed by atoms with Crippen LogP contribution in [0.1, 0.15) is 21.5 Å². The lowest BCUT2D eigenvalue weighted by Crippen LogP contribution is -2.25. The van der Waals surface area contributed by atoms with E-state index in [0.717, 1.165) is 23.4 Å². The Morgan fingerprint density at radius 2 is 1.92 bits per heavy atom. The summed E-state index contributed by atoms with van der Waals surface area (Å²) >= 11 is 1.59. The van der Waals surface area contributed by atoms with Crippen LogP contribution in [0.4, 0.5) is 4.39 Å². The molecule has 4 nitrogen and oxygen atoms in total. The van der Waals surface area contributed by atoms with Crippen LogP contribution < -0.4 is 4.74 Å². The van der Waals surface area contributed by atoms with Gasteiger partial charge in [-0.2, -0.15) is 0 Å². The van der Waals surface area contributed by atoms with Crippen LogP contribution in [0.2, 0.25) is 0 Å². The Balaban J connectivity index is 1.81. The van der Waals surface area contributed by atoms with Gasteiger partial charge in [-0.1, -0.05) is 0 Å². The fourth-order valence-electron chi connectivity index (χ4n) is 2.72. The number of carbonyl (C=O) groups excluding carboxylic acids is 1. The molecule has 0 aromatic heterocycles. The third-order valence-corrected chi connectivity index (χ3v) is 5.01. The van der Waals surface area contributed by atoms with E-state index in [0.29, 0.717) is 17.9 Å². The zero-order valence-electron chi connectivity index (χ0n) is 13.5. The summed E-state index contributed by atoms with van der Waals surface area (Å²) in [6, 6.07) is 10.2. The van der Waals surface area contributed by atoms with E-state index < -0.39 is 5.97 Å². The number of fused-ring (bicyclic) bond motifs is 1. The van der Waals surface area contributed by atoms with Crippen molar-refractivity contribution in [1.82, 2.24) is 4.31 Å². The van der Waals surface area contributed by atoms with E-state index in [4.69, 9.17) is 9.47 Å². The number of carbonyl (C=O) groups is 1. The van der Waals surface area contributed by atoms with Gasteiger partial charge in [0.1, 0.15) is 17.1 Å². The minimum atomic E-state index is -0.405. The fraction of sp³-hybridized carbons (Fsp3) is 0.278. The average Bonchev–Trinajstić information content (AvgIpc) is 2.61. The van der Waals surface area contributed by atoms with Crippen molar-refractivity contribution in [3.63, 3.8) is 0 Å². The lowest BCUT2D eigenvalue weighted by Gasteiger charge is -2.28. The highest BCUT2D eigenvalue weighted by Crippen LogP contribution is 2.33. The smallest absolute Gasteiger partial charge is 0.341 e. The maximum Gasteiger partial charge on any atom is 0.341 e. The Morgan fingerprint density at radius 1 is 1.17 bits per heavy atom. The van der Waals surface area contributed by atoms with Crippen molar-refractivity contribution in [2.24, 2.45) is 0 Å². The molecule has 24 heavy (non-hydrogen) atoms. The Morgan fingerprint density at radius 3 is 2.58 bits per heavy atom. The first-order valence-electron chi connectivity index (χ1n) is 7.57. The quantitative estimate of drug-likeness (QED) is 0.623. The average molecular weight is 347 g/mol. The summed E-state index contributed by atoms with van der Waals surface area (Å²) in [5, 5.41) is 0. The molecule has 0 atom stereocenters. The predicted molar refractivity (Wildman–Crippen MR) is 90.7 cm³/mol. The second kappa shape index (κ2) is 7.23. The van der Waals surface area contributed by atoms with E-state index >= 15 is 0 Å². The third kappa shape index (κ3) is 3.55.